The van der Waals surface area contributed by atoms with Gasteiger partial charge in [-0.25, -0.2) is 4.79 Å². The molecule has 0 spiro atoms. The van der Waals surface area contributed by atoms with E-state index in [0.717, 1.165) is 5.56 Å². The molecule has 1 heterocycles. The van der Waals surface area contributed by atoms with Crippen LogP contribution in [0.25, 0.3) is 0 Å². The van der Waals surface area contributed by atoms with Gasteiger partial charge in [-0.2, -0.15) is 0 Å². The molecule has 0 unspecified atom stereocenters. The van der Waals surface area contributed by atoms with Crippen LogP contribution in [0.2, 0.25) is 0 Å². The number of carbonyl (C=O) groups excluding carboxylic acids is 1. The molecule has 4 heteroatoms. The summed E-state index contributed by atoms with van der Waals surface area (Å²) in [5.41, 5.74) is 1.37. The second kappa shape index (κ2) is 3.81. The lowest BCUT2D eigenvalue weighted by Crippen LogP contribution is -2.17. The third kappa shape index (κ3) is 1.75. The maximum absolute atomic E-state index is 11.3. The maximum atomic E-state index is 11.3. The van der Waals surface area contributed by atoms with Crippen molar-refractivity contribution in [3.8, 4) is 11.5 Å². The quantitative estimate of drug-likeness (QED) is 0.657. The Balaban J connectivity index is 2.45. The number of benzene rings is 1. The summed E-state index contributed by atoms with van der Waals surface area (Å²) in [6.07, 6.45) is 0. The molecular weight excluding hydrogens is 196 g/mol. The fourth-order valence-corrected chi connectivity index (χ4v) is 1.56. The minimum absolute atomic E-state index is 0.366. The van der Waals surface area contributed by atoms with Crippen LogP contribution in [0.5, 0.6) is 11.5 Å². The van der Waals surface area contributed by atoms with Gasteiger partial charge < -0.3 is 14.2 Å². The summed E-state index contributed by atoms with van der Waals surface area (Å²) in [5, 5.41) is 0. The molecule has 0 fully saturated rings. The Labute approximate surface area is 87.8 Å². The van der Waals surface area contributed by atoms with Crippen molar-refractivity contribution in [2.24, 2.45) is 0 Å². The highest BCUT2D eigenvalue weighted by molar-refractivity contribution is 5.90. The molecule has 0 aliphatic carbocycles. The largest absolute Gasteiger partial charge is 0.486 e. The zero-order valence-electron chi connectivity index (χ0n) is 8.70. The Hall–Kier alpha value is -1.71. The van der Waals surface area contributed by atoms with E-state index < -0.39 is 0 Å². The summed E-state index contributed by atoms with van der Waals surface area (Å²) in [6, 6.07) is 3.38. The number of hydrogen-bond acceptors (Lipinski definition) is 4. The van der Waals surface area contributed by atoms with Gasteiger partial charge in [0.2, 0.25) is 0 Å². The molecule has 0 bridgehead atoms. The van der Waals surface area contributed by atoms with Crippen LogP contribution in [0.1, 0.15) is 15.9 Å². The highest BCUT2D eigenvalue weighted by Gasteiger charge is 2.18. The van der Waals surface area contributed by atoms with E-state index in [2.05, 4.69) is 4.74 Å². The lowest BCUT2D eigenvalue weighted by molar-refractivity contribution is 0.0599. The van der Waals surface area contributed by atoms with Crippen LogP contribution in [0.4, 0.5) is 0 Å². The van der Waals surface area contributed by atoms with Crippen LogP contribution < -0.4 is 9.47 Å². The number of esters is 1. The monoisotopic (exact) mass is 208 g/mol. The van der Waals surface area contributed by atoms with Crippen molar-refractivity contribution in [1.82, 2.24) is 0 Å². The first-order valence-corrected chi connectivity index (χ1v) is 4.71. The van der Waals surface area contributed by atoms with Crippen LogP contribution in [0.15, 0.2) is 12.1 Å². The van der Waals surface area contributed by atoms with Crippen molar-refractivity contribution in [1.29, 1.82) is 0 Å². The minimum Gasteiger partial charge on any atom is -0.486 e. The SMILES string of the molecule is COC(=O)c1cc(C)c2c(c1)OCCO2. The minimum atomic E-state index is -0.366. The predicted octanol–water partition coefficient (Wildman–Crippen LogP) is 1.55. The highest BCUT2D eigenvalue weighted by Crippen LogP contribution is 2.34. The normalized spacial score (nSPS) is 13.5. The van der Waals surface area contributed by atoms with E-state index in [1.54, 1.807) is 12.1 Å². The van der Waals surface area contributed by atoms with Crippen LogP contribution in [0.3, 0.4) is 0 Å². The molecule has 1 aliphatic rings. The molecule has 0 saturated heterocycles. The Morgan fingerprint density at radius 3 is 2.80 bits per heavy atom. The molecule has 1 aliphatic heterocycles. The average Bonchev–Trinajstić information content (AvgIpc) is 2.28. The number of ether oxygens (including phenoxy) is 3. The summed E-state index contributed by atoms with van der Waals surface area (Å²) in [6.45, 7) is 2.93. The second-order valence-electron chi connectivity index (χ2n) is 3.31. The van der Waals surface area contributed by atoms with Crippen molar-refractivity contribution < 1.29 is 19.0 Å². The summed E-state index contributed by atoms with van der Waals surface area (Å²) in [7, 11) is 1.36. The first kappa shape index (κ1) is 9.83. The standard InChI is InChI=1S/C11H12O4/c1-7-5-8(11(12)13-2)6-9-10(7)15-4-3-14-9/h5-6H,3-4H2,1-2H3. The molecule has 0 amide bonds. The van der Waals surface area contributed by atoms with Gasteiger partial charge in [-0.1, -0.05) is 0 Å². The number of methoxy groups -OCH3 is 1. The van der Waals surface area contributed by atoms with Crippen LogP contribution in [0, 0.1) is 6.92 Å². The van der Waals surface area contributed by atoms with E-state index in [9.17, 15) is 4.79 Å². The predicted molar refractivity (Wildman–Crippen MR) is 53.5 cm³/mol. The van der Waals surface area contributed by atoms with Gasteiger partial charge in [0.25, 0.3) is 0 Å². The van der Waals surface area contributed by atoms with Crippen LogP contribution >= 0.6 is 0 Å². The van der Waals surface area contributed by atoms with Crippen LogP contribution in [-0.2, 0) is 4.74 Å². The topological polar surface area (TPSA) is 44.8 Å². The van der Waals surface area contributed by atoms with Gasteiger partial charge in [-0.15, -0.1) is 0 Å². The Morgan fingerprint density at radius 2 is 2.07 bits per heavy atom. The third-order valence-corrected chi connectivity index (χ3v) is 2.25. The van der Waals surface area contributed by atoms with Crippen molar-refractivity contribution >= 4 is 5.97 Å². The summed E-state index contributed by atoms with van der Waals surface area (Å²) < 4.78 is 15.5. The molecule has 1 aromatic carbocycles. The molecule has 80 valence electrons. The molecule has 0 N–H and O–H groups in total. The van der Waals surface area contributed by atoms with Gasteiger partial charge in [0.15, 0.2) is 11.5 Å². The van der Waals surface area contributed by atoms with Crippen molar-refractivity contribution in [3.05, 3.63) is 23.3 Å². The molecule has 0 saturated carbocycles. The summed E-state index contributed by atoms with van der Waals surface area (Å²) >= 11 is 0. The van der Waals surface area contributed by atoms with Gasteiger partial charge in [-0.05, 0) is 24.6 Å². The van der Waals surface area contributed by atoms with E-state index in [1.807, 2.05) is 6.92 Å². The number of aryl methyl sites for hydroxylation is 1. The van der Waals surface area contributed by atoms with E-state index in [4.69, 9.17) is 9.47 Å². The molecule has 0 atom stereocenters. The van der Waals surface area contributed by atoms with Gasteiger partial charge in [0, 0.05) is 0 Å². The molecule has 4 nitrogen and oxygen atoms in total. The zero-order valence-corrected chi connectivity index (χ0v) is 8.70. The number of rotatable bonds is 1. The fourth-order valence-electron chi connectivity index (χ4n) is 1.56. The summed E-state index contributed by atoms with van der Waals surface area (Å²) in [5.74, 6) is 0.964. The number of carbonyl (C=O) groups is 1. The fraction of sp³-hybridized carbons (Fsp3) is 0.364. The van der Waals surface area contributed by atoms with E-state index in [1.165, 1.54) is 7.11 Å². The zero-order chi connectivity index (χ0) is 10.8. The van der Waals surface area contributed by atoms with E-state index in [-0.39, 0.29) is 5.97 Å². The molecule has 1 aromatic rings. The van der Waals surface area contributed by atoms with E-state index >= 15 is 0 Å². The first-order valence-electron chi connectivity index (χ1n) is 4.71. The van der Waals surface area contributed by atoms with Crippen molar-refractivity contribution in [2.45, 2.75) is 6.92 Å². The molecule has 0 radical (unpaired) electrons. The average molecular weight is 208 g/mol. The lowest BCUT2D eigenvalue weighted by Gasteiger charge is -2.20. The summed E-state index contributed by atoms with van der Waals surface area (Å²) in [4.78, 5) is 11.3. The molecule has 2 rings (SSSR count). The van der Waals surface area contributed by atoms with Gasteiger partial charge in [-0.3, -0.25) is 0 Å². The molecule has 0 aromatic heterocycles. The second-order valence-corrected chi connectivity index (χ2v) is 3.31. The maximum Gasteiger partial charge on any atom is 0.337 e. The lowest BCUT2D eigenvalue weighted by atomic mass is 10.1. The van der Waals surface area contributed by atoms with Gasteiger partial charge in [0.05, 0.1) is 12.7 Å². The van der Waals surface area contributed by atoms with Crippen LogP contribution in [-0.4, -0.2) is 26.3 Å². The van der Waals surface area contributed by atoms with Gasteiger partial charge in [0.1, 0.15) is 13.2 Å². The third-order valence-electron chi connectivity index (χ3n) is 2.25. The van der Waals surface area contributed by atoms with Gasteiger partial charge >= 0.3 is 5.97 Å². The van der Waals surface area contributed by atoms with Crippen molar-refractivity contribution in [2.75, 3.05) is 20.3 Å². The van der Waals surface area contributed by atoms with E-state index in [0.29, 0.717) is 30.3 Å². The molecule has 15 heavy (non-hydrogen) atoms. The Morgan fingerprint density at radius 1 is 1.33 bits per heavy atom. The number of hydrogen-bond donors (Lipinski definition) is 0. The first-order chi connectivity index (χ1) is 7.22. The highest BCUT2D eigenvalue weighted by atomic mass is 16.6. The smallest absolute Gasteiger partial charge is 0.337 e. The molecular formula is C11H12O4. The Bertz CT molecular complexity index is 398. The Kier molecular flexibility index (Phi) is 2.49. The van der Waals surface area contributed by atoms with Crippen molar-refractivity contribution in [3.63, 3.8) is 0 Å². The number of fused-ring (bicyclic) bond motifs is 1.